The van der Waals surface area contributed by atoms with Crippen LogP contribution in [0.4, 0.5) is 0 Å². The maximum absolute atomic E-state index is 12.5. The van der Waals surface area contributed by atoms with E-state index in [-0.39, 0.29) is 5.91 Å². The van der Waals surface area contributed by atoms with Crippen LogP contribution in [0, 0.1) is 12.8 Å². The smallest absolute Gasteiger partial charge is 0.255 e. The van der Waals surface area contributed by atoms with Gasteiger partial charge in [0.05, 0.1) is 5.56 Å². The lowest BCUT2D eigenvalue weighted by Crippen LogP contribution is -2.37. The summed E-state index contributed by atoms with van der Waals surface area (Å²) in [6, 6.07) is 5.87. The molecular formula is C15H20BrNO. The highest BCUT2D eigenvalue weighted by Gasteiger charge is 2.24. The molecule has 2 nitrogen and oxygen atoms in total. The Kier molecular flexibility index (Phi) is 4.44. The zero-order chi connectivity index (χ0) is 13.1. The fraction of sp³-hybridized carbons (Fsp3) is 0.533. The summed E-state index contributed by atoms with van der Waals surface area (Å²) in [5.41, 5.74) is 1.90. The molecule has 0 radical (unpaired) electrons. The van der Waals surface area contributed by atoms with Crippen LogP contribution in [0.15, 0.2) is 22.7 Å². The molecule has 0 atom stereocenters. The van der Waals surface area contributed by atoms with E-state index in [2.05, 4.69) is 22.9 Å². The Labute approximate surface area is 117 Å². The van der Waals surface area contributed by atoms with Gasteiger partial charge in [-0.1, -0.05) is 18.6 Å². The molecule has 1 aliphatic carbocycles. The third-order valence-electron chi connectivity index (χ3n) is 3.79. The normalized spacial score (nSPS) is 15.3. The molecule has 1 aromatic rings. The van der Waals surface area contributed by atoms with Crippen LogP contribution >= 0.6 is 15.9 Å². The second-order valence-corrected chi connectivity index (χ2v) is 5.87. The molecule has 1 saturated carbocycles. The standard InChI is InChI=1S/C15H20BrNO/c1-3-17(10-12-7-5-8-12)15(18)13-9-4-6-11(2)14(13)16/h4,6,9,12H,3,5,7-8,10H2,1-2H3. The molecular weight excluding hydrogens is 290 g/mol. The van der Waals surface area contributed by atoms with E-state index in [4.69, 9.17) is 0 Å². The average molecular weight is 310 g/mol. The van der Waals surface area contributed by atoms with Gasteiger partial charge in [-0.15, -0.1) is 0 Å². The minimum Gasteiger partial charge on any atom is -0.339 e. The lowest BCUT2D eigenvalue weighted by atomic mass is 9.85. The number of carbonyl (C=O) groups is 1. The van der Waals surface area contributed by atoms with Crippen molar-refractivity contribution < 1.29 is 4.79 Å². The third-order valence-corrected chi connectivity index (χ3v) is 4.85. The van der Waals surface area contributed by atoms with Gasteiger partial charge in [-0.05, 0) is 60.2 Å². The maximum Gasteiger partial charge on any atom is 0.255 e. The monoisotopic (exact) mass is 309 g/mol. The topological polar surface area (TPSA) is 20.3 Å². The molecule has 3 heteroatoms. The minimum absolute atomic E-state index is 0.153. The first kappa shape index (κ1) is 13.6. The van der Waals surface area contributed by atoms with Crippen LogP contribution in [0.25, 0.3) is 0 Å². The zero-order valence-corrected chi connectivity index (χ0v) is 12.7. The Bertz CT molecular complexity index is 440. The summed E-state index contributed by atoms with van der Waals surface area (Å²) >= 11 is 3.53. The van der Waals surface area contributed by atoms with Crippen molar-refractivity contribution in [3.05, 3.63) is 33.8 Å². The van der Waals surface area contributed by atoms with E-state index < -0.39 is 0 Å². The molecule has 0 aromatic heterocycles. The van der Waals surface area contributed by atoms with Crippen molar-refractivity contribution in [2.45, 2.75) is 33.1 Å². The number of halogens is 1. The summed E-state index contributed by atoms with van der Waals surface area (Å²) in [7, 11) is 0. The second kappa shape index (κ2) is 5.87. The molecule has 1 aromatic carbocycles. The third kappa shape index (κ3) is 2.77. The van der Waals surface area contributed by atoms with Crippen molar-refractivity contribution >= 4 is 21.8 Å². The summed E-state index contributed by atoms with van der Waals surface area (Å²) in [4.78, 5) is 14.5. The lowest BCUT2D eigenvalue weighted by Gasteiger charge is -2.32. The van der Waals surface area contributed by atoms with E-state index >= 15 is 0 Å². The maximum atomic E-state index is 12.5. The number of hydrogen-bond acceptors (Lipinski definition) is 1. The lowest BCUT2D eigenvalue weighted by molar-refractivity contribution is 0.0705. The Balaban J connectivity index is 2.14. The number of aryl methyl sites for hydroxylation is 1. The minimum atomic E-state index is 0.153. The molecule has 1 aliphatic rings. The highest BCUT2D eigenvalue weighted by molar-refractivity contribution is 9.10. The first-order valence-electron chi connectivity index (χ1n) is 6.68. The molecule has 0 unspecified atom stereocenters. The van der Waals surface area contributed by atoms with Crippen LogP contribution in [-0.2, 0) is 0 Å². The Morgan fingerprint density at radius 2 is 2.17 bits per heavy atom. The molecule has 0 heterocycles. The number of benzene rings is 1. The van der Waals surface area contributed by atoms with Crippen LogP contribution in [-0.4, -0.2) is 23.9 Å². The van der Waals surface area contributed by atoms with Crippen molar-refractivity contribution in [3.63, 3.8) is 0 Å². The summed E-state index contributed by atoms with van der Waals surface area (Å²) in [5, 5.41) is 0. The SMILES string of the molecule is CCN(CC1CCC1)C(=O)c1cccc(C)c1Br. The fourth-order valence-corrected chi connectivity index (χ4v) is 2.76. The van der Waals surface area contributed by atoms with E-state index in [9.17, 15) is 4.79 Å². The summed E-state index contributed by atoms with van der Waals surface area (Å²) in [6.45, 7) is 5.77. The van der Waals surface area contributed by atoms with Gasteiger partial charge < -0.3 is 4.90 Å². The van der Waals surface area contributed by atoms with Gasteiger partial charge in [-0.2, -0.15) is 0 Å². The highest BCUT2D eigenvalue weighted by atomic mass is 79.9. The second-order valence-electron chi connectivity index (χ2n) is 5.08. The van der Waals surface area contributed by atoms with Crippen molar-refractivity contribution in [1.82, 2.24) is 4.90 Å². The largest absolute Gasteiger partial charge is 0.339 e. The number of amides is 1. The van der Waals surface area contributed by atoms with Gasteiger partial charge in [0.15, 0.2) is 0 Å². The average Bonchev–Trinajstić information content (AvgIpc) is 2.31. The first-order valence-corrected chi connectivity index (χ1v) is 7.47. The molecule has 0 N–H and O–H groups in total. The van der Waals surface area contributed by atoms with Crippen molar-refractivity contribution in [2.75, 3.05) is 13.1 Å². The molecule has 2 rings (SSSR count). The van der Waals surface area contributed by atoms with Crippen LogP contribution in [0.2, 0.25) is 0 Å². The van der Waals surface area contributed by atoms with Gasteiger partial charge >= 0.3 is 0 Å². The molecule has 1 fully saturated rings. The quantitative estimate of drug-likeness (QED) is 0.822. The molecule has 1 amide bonds. The predicted molar refractivity (Wildman–Crippen MR) is 77.8 cm³/mol. The van der Waals surface area contributed by atoms with E-state index in [1.54, 1.807) is 0 Å². The van der Waals surface area contributed by atoms with Crippen LogP contribution in [0.1, 0.15) is 42.1 Å². The summed E-state index contributed by atoms with van der Waals surface area (Å²) in [6.07, 6.45) is 3.88. The van der Waals surface area contributed by atoms with E-state index in [0.29, 0.717) is 0 Å². The van der Waals surface area contributed by atoms with Gasteiger partial charge in [0.2, 0.25) is 0 Å². The van der Waals surface area contributed by atoms with Gasteiger partial charge in [0.1, 0.15) is 0 Å². The highest BCUT2D eigenvalue weighted by Crippen LogP contribution is 2.28. The van der Waals surface area contributed by atoms with Gasteiger partial charge in [0.25, 0.3) is 5.91 Å². The molecule has 0 bridgehead atoms. The zero-order valence-electron chi connectivity index (χ0n) is 11.1. The van der Waals surface area contributed by atoms with Crippen LogP contribution in [0.5, 0.6) is 0 Å². The Morgan fingerprint density at radius 3 is 2.72 bits per heavy atom. The van der Waals surface area contributed by atoms with Crippen molar-refractivity contribution in [2.24, 2.45) is 5.92 Å². The molecule has 18 heavy (non-hydrogen) atoms. The molecule has 0 saturated heterocycles. The Hall–Kier alpha value is -0.830. The molecule has 0 aliphatic heterocycles. The van der Waals surface area contributed by atoms with E-state index in [0.717, 1.165) is 34.6 Å². The molecule has 98 valence electrons. The molecule has 0 spiro atoms. The van der Waals surface area contributed by atoms with Crippen molar-refractivity contribution in [3.8, 4) is 0 Å². The van der Waals surface area contributed by atoms with Gasteiger partial charge in [-0.25, -0.2) is 0 Å². The fourth-order valence-electron chi connectivity index (χ4n) is 2.33. The van der Waals surface area contributed by atoms with Crippen LogP contribution < -0.4 is 0 Å². The first-order chi connectivity index (χ1) is 8.63. The van der Waals surface area contributed by atoms with E-state index in [1.165, 1.54) is 19.3 Å². The number of nitrogens with zero attached hydrogens (tertiary/aromatic N) is 1. The summed E-state index contributed by atoms with van der Waals surface area (Å²) in [5.74, 6) is 0.873. The predicted octanol–water partition coefficient (Wildman–Crippen LogP) is 4.02. The van der Waals surface area contributed by atoms with E-state index in [1.807, 2.05) is 30.0 Å². The van der Waals surface area contributed by atoms with Gasteiger partial charge in [0, 0.05) is 17.6 Å². The summed E-state index contributed by atoms with van der Waals surface area (Å²) < 4.78 is 0.932. The number of rotatable bonds is 4. The Morgan fingerprint density at radius 1 is 1.44 bits per heavy atom. The van der Waals surface area contributed by atoms with Crippen molar-refractivity contribution in [1.29, 1.82) is 0 Å². The van der Waals surface area contributed by atoms with Crippen LogP contribution in [0.3, 0.4) is 0 Å². The number of hydrogen-bond donors (Lipinski definition) is 0. The van der Waals surface area contributed by atoms with Gasteiger partial charge in [-0.3, -0.25) is 4.79 Å². The number of carbonyl (C=O) groups excluding carboxylic acids is 1.